The van der Waals surface area contributed by atoms with Gasteiger partial charge in [0.15, 0.2) is 0 Å². The number of aliphatic hydroxyl groups is 1. The fourth-order valence-corrected chi connectivity index (χ4v) is 2.45. The van der Waals surface area contributed by atoms with Crippen LogP contribution in [-0.2, 0) is 9.47 Å². The Balaban J connectivity index is 2.19. The van der Waals surface area contributed by atoms with E-state index in [0.29, 0.717) is 17.7 Å². The molecule has 0 heterocycles. The van der Waals surface area contributed by atoms with Crippen molar-refractivity contribution in [2.45, 2.75) is 58.3 Å². The van der Waals surface area contributed by atoms with E-state index < -0.39 is 5.97 Å². The molecule has 0 aliphatic rings. The van der Waals surface area contributed by atoms with Gasteiger partial charge in [-0.25, -0.2) is 9.59 Å². The van der Waals surface area contributed by atoms with Gasteiger partial charge in [-0.15, -0.1) is 0 Å². The molecule has 1 rings (SSSR count). The Bertz CT molecular complexity index is 495. The Kier molecular flexibility index (Phi) is 11.4. The monoisotopic (exact) mass is 350 g/mol. The number of carbonyl (C=O) groups excluding carboxylic acids is 2. The molecule has 25 heavy (non-hydrogen) atoms. The average Bonchev–Trinajstić information content (AvgIpc) is 2.64. The molecule has 0 fully saturated rings. The van der Waals surface area contributed by atoms with Crippen LogP contribution in [0.3, 0.4) is 0 Å². The maximum atomic E-state index is 11.9. The van der Waals surface area contributed by atoms with Crippen molar-refractivity contribution in [2.24, 2.45) is 0 Å². The molecule has 0 aliphatic carbocycles. The summed E-state index contributed by atoms with van der Waals surface area (Å²) >= 11 is 0. The van der Waals surface area contributed by atoms with Gasteiger partial charge in [-0.05, 0) is 30.7 Å². The molecule has 0 aromatic heterocycles. The molecule has 1 aromatic carbocycles. The first-order valence-electron chi connectivity index (χ1n) is 9.24. The first kappa shape index (κ1) is 21.2. The highest BCUT2D eigenvalue weighted by molar-refractivity contribution is 5.93. The van der Waals surface area contributed by atoms with Crippen molar-refractivity contribution < 1.29 is 24.2 Å². The number of hydrogen-bond donors (Lipinski definition) is 1. The van der Waals surface area contributed by atoms with Gasteiger partial charge in [0, 0.05) is 0 Å². The van der Waals surface area contributed by atoms with Crippen LogP contribution in [0.5, 0.6) is 0 Å². The standard InChI is InChI=1S/C20H30O5/c1-2-3-4-5-6-7-8-9-15-24-19(22)17-10-12-18(13-11-17)20(23)25-16-14-21/h10-13,21H,2-9,14-16H2,1H3. The molecule has 1 aromatic rings. The van der Waals surface area contributed by atoms with Gasteiger partial charge in [-0.1, -0.05) is 51.9 Å². The molecule has 5 nitrogen and oxygen atoms in total. The number of aliphatic hydroxyl groups excluding tert-OH is 1. The minimum Gasteiger partial charge on any atom is -0.462 e. The lowest BCUT2D eigenvalue weighted by Gasteiger charge is -2.06. The molecule has 0 saturated heterocycles. The second-order valence-electron chi connectivity index (χ2n) is 6.05. The molecule has 0 unspecified atom stereocenters. The quantitative estimate of drug-likeness (QED) is 0.428. The predicted molar refractivity (Wildman–Crippen MR) is 96.7 cm³/mol. The number of carbonyl (C=O) groups is 2. The van der Waals surface area contributed by atoms with Crippen LogP contribution in [0, 0.1) is 0 Å². The Morgan fingerprint density at radius 2 is 1.20 bits per heavy atom. The molecule has 0 saturated carbocycles. The first-order chi connectivity index (χ1) is 12.2. The Hall–Kier alpha value is -1.88. The highest BCUT2D eigenvalue weighted by Gasteiger charge is 2.10. The van der Waals surface area contributed by atoms with E-state index >= 15 is 0 Å². The van der Waals surface area contributed by atoms with Crippen molar-refractivity contribution in [2.75, 3.05) is 19.8 Å². The van der Waals surface area contributed by atoms with E-state index in [9.17, 15) is 9.59 Å². The summed E-state index contributed by atoms with van der Waals surface area (Å²) in [5, 5.41) is 8.63. The third-order valence-electron chi connectivity index (χ3n) is 3.91. The molecule has 5 heteroatoms. The van der Waals surface area contributed by atoms with E-state index in [1.54, 1.807) is 12.1 Å². The Morgan fingerprint density at radius 3 is 1.68 bits per heavy atom. The summed E-state index contributed by atoms with van der Waals surface area (Å²) in [6.07, 6.45) is 9.58. The maximum absolute atomic E-state index is 11.9. The van der Waals surface area contributed by atoms with Gasteiger partial charge in [0.05, 0.1) is 24.3 Å². The number of hydrogen-bond acceptors (Lipinski definition) is 5. The van der Waals surface area contributed by atoms with E-state index in [1.807, 2.05) is 0 Å². The van der Waals surface area contributed by atoms with Crippen molar-refractivity contribution in [3.05, 3.63) is 35.4 Å². The molecular formula is C20H30O5. The van der Waals surface area contributed by atoms with Crippen molar-refractivity contribution in [3.8, 4) is 0 Å². The van der Waals surface area contributed by atoms with Gasteiger partial charge in [0.25, 0.3) is 0 Å². The van der Waals surface area contributed by atoms with Crippen LogP contribution in [0.4, 0.5) is 0 Å². The molecule has 0 aliphatic heterocycles. The van der Waals surface area contributed by atoms with Crippen molar-refractivity contribution in [1.82, 2.24) is 0 Å². The fourth-order valence-electron chi connectivity index (χ4n) is 2.45. The third kappa shape index (κ3) is 9.25. The lowest BCUT2D eigenvalue weighted by Crippen LogP contribution is -2.10. The van der Waals surface area contributed by atoms with Crippen LogP contribution < -0.4 is 0 Å². The van der Waals surface area contributed by atoms with Crippen LogP contribution in [0.25, 0.3) is 0 Å². The van der Waals surface area contributed by atoms with Crippen LogP contribution >= 0.6 is 0 Å². The summed E-state index contributed by atoms with van der Waals surface area (Å²) in [6.45, 7) is 2.38. The highest BCUT2D eigenvalue weighted by Crippen LogP contribution is 2.10. The topological polar surface area (TPSA) is 72.8 Å². The van der Waals surface area contributed by atoms with Gasteiger partial charge in [-0.3, -0.25) is 0 Å². The zero-order chi connectivity index (χ0) is 18.3. The van der Waals surface area contributed by atoms with E-state index in [1.165, 1.54) is 50.7 Å². The minimum atomic E-state index is -0.520. The number of unbranched alkanes of at least 4 members (excludes halogenated alkanes) is 7. The van der Waals surface area contributed by atoms with Gasteiger partial charge >= 0.3 is 11.9 Å². The van der Waals surface area contributed by atoms with Crippen LogP contribution in [0.1, 0.15) is 79.0 Å². The normalized spacial score (nSPS) is 10.5. The zero-order valence-corrected chi connectivity index (χ0v) is 15.2. The molecule has 1 N–H and O–H groups in total. The van der Waals surface area contributed by atoms with Gasteiger partial charge < -0.3 is 14.6 Å². The molecule has 0 spiro atoms. The van der Waals surface area contributed by atoms with Crippen molar-refractivity contribution in [3.63, 3.8) is 0 Å². The third-order valence-corrected chi connectivity index (χ3v) is 3.91. The van der Waals surface area contributed by atoms with Crippen LogP contribution in [-0.4, -0.2) is 36.9 Å². The smallest absolute Gasteiger partial charge is 0.338 e. The van der Waals surface area contributed by atoms with E-state index in [4.69, 9.17) is 14.6 Å². The van der Waals surface area contributed by atoms with E-state index in [2.05, 4.69) is 6.92 Å². The van der Waals surface area contributed by atoms with E-state index in [-0.39, 0.29) is 19.2 Å². The number of rotatable bonds is 13. The van der Waals surface area contributed by atoms with E-state index in [0.717, 1.165) is 12.8 Å². The van der Waals surface area contributed by atoms with Gasteiger partial charge in [0.2, 0.25) is 0 Å². The number of esters is 2. The second kappa shape index (κ2) is 13.4. The summed E-state index contributed by atoms with van der Waals surface area (Å²) < 4.78 is 10.1. The molecule has 0 radical (unpaired) electrons. The van der Waals surface area contributed by atoms with Crippen molar-refractivity contribution >= 4 is 11.9 Å². The largest absolute Gasteiger partial charge is 0.462 e. The first-order valence-corrected chi connectivity index (χ1v) is 9.24. The lowest BCUT2D eigenvalue weighted by molar-refractivity contribution is 0.0431. The van der Waals surface area contributed by atoms with Crippen LogP contribution in [0.2, 0.25) is 0 Å². The average molecular weight is 350 g/mol. The maximum Gasteiger partial charge on any atom is 0.338 e. The summed E-state index contributed by atoms with van der Waals surface area (Å²) in [6, 6.07) is 6.14. The molecular weight excluding hydrogens is 320 g/mol. The Morgan fingerprint density at radius 1 is 0.760 bits per heavy atom. The number of ether oxygens (including phenoxy) is 2. The minimum absolute atomic E-state index is 0.0404. The zero-order valence-electron chi connectivity index (χ0n) is 15.2. The van der Waals surface area contributed by atoms with Gasteiger partial charge in [0.1, 0.15) is 6.61 Å². The van der Waals surface area contributed by atoms with Crippen molar-refractivity contribution in [1.29, 1.82) is 0 Å². The number of benzene rings is 1. The SMILES string of the molecule is CCCCCCCCCCOC(=O)c1ccc(C(=O)OCCO)cc1. The summed E-state index contributed by atoms with van der Waals surface area (Å²) in [5.41, 5.74) is 0.756. The summed E-state index contributed by atoms with van der Waals surface area (Å²) in [7, 11) is 0. The Labute approximate surface area is 150 Å². The molecule has 0 amide bonds. The van der Waals surface area contributed by atoms with Crippen LogP contribution in [0.15, 0.2) is 24.3 Å². The second-order valence-corrected chi connectivity index (χ2v) is 6.05. The van der Waals surface area contributed by atoms with Gasteiger partial charge in [-0.2, -0.15) is 0 Å². The molecule has 0 atom stereocenters. The summed E-state index contributed by atoms with van der Waals surface area (Å²) in [4.78, 5) is 23.5. The fraction of sp³-hybridized carbons (Fsp3) is 0.600. The lowest BCUT2D eigenvalue weighted by atomic mass is 10.1. The highest BCUT2D eigenvalue weighted by atomic mass is 16.5. The molecule has 0 bridgehead atoms. The molecule has 140 valence electrons. The predicted octanol–water partition coefficient (Wildman–Crippen LogP) is 4.13. The summed E-state index contributed by atoms with van der Waals surface area (Å²) in [5.74, 6) is -0.897.